The van der Waals surface area contributed by atoms with Crippen molar-refractivity contribution in [2.75, 3.05) is 12.9 Å². The van der Waals surface area contributed by atoms with Gasteiger partial charge in [0.25, 0.3) is 0 Å². The Bertz CT molecular complexity index is 452. The van der Waals surface area contributed by atoms with Crippen LogP contribution in [0.25, 0.3) is 0 Å². The molecule has 0 fully saturated rings. The fourth-order valence-corrected chi connectivity index (χ4v) is 2.32. The quantitative estimate of drug-likeness (QED) is 0.366. The van der Waals surface area contributed by atoms with Gasteiger partial charge in [-0.3, -0.25) is 0 Å². The van der Waals surface area contributed by atoms with Crippen molar-refractivity contribution in [1.29, 1.82) is 0 Å². The van der Waals surface area contributed by atoms with Crippen LogP contribution >= 0.6 is 35.0 Å². The second-order valence-electron chi connectivity index (χ2n) is 3.35. The third-order valence-corrected chi connectivity index (χ3v) is 3.26. The van der Waals surface area contributed by atoms with Crippen LogP contribution in [0.3, 0.4) is 0 Å². The Labute approximate surface area is 124 Å². The molecule has 0 aliphatic carbocycles. The van der Waals surface area contributed by atoms with Gasteiger partial charge in [-0.25, -0.2) is 14.8 Å². The number of nitrogens with zero attached hydrogens (tertiary/aromatic N) is 2. The highest BCUT2D eigenvalue weighted by atomic mass is 35.5. The van der Waals surface area contributed by atoms with Crippen LogP contribution in [0.5, 0.6) is 0 Å². The van der Waals surface area contributed by atoms with Crippen LogP contribution in [-0.2, 0) is 9.53 Å². The summed E-state index contributed by atoms with van der Waals surface area (Å²) in [6, 6.07) is 0. The molecule has 106 valence electrons. The molecule has 0 aliphatic rings. The van der Waals surface area contributed by atoms with Gasteiger partial charge >= 0.3 is 5.97 Å². The number of aliphatic hydroxyl groups excluding tert-OH is 2. The highest BCUT2D eigenvalue weighted by Crippen LogP contribution is 2.31. The maximum atomic E-state index is 11.3. The largest absolute Gasteiger partial charge is 0.464 e. The van der Waals surface area contributed by atoms with E-state index >= 15 is 0 Å². The van der Waals surface area contributed by atoms with Crippen LogP contribution in [-0.4, -0.2) is 45.1 Å². The number of halogens is 2. The average molecular weight is 327 g/mol. The minimum Gasteiger partial charge on any atom is -0.464 e. The predicted octanol–water partition coefficient (Wildman–Crippen LogP) is 1.46. The Kier molecular flexibility index (Phi) is 6.28. The molecule has 19 heavy (non-hydrogen) atoms. The van der Waals surface area contributed by atoms with Gasteiger partial charge in [-0.15, -0.1) is 0 Å². The number of ether oxygens (including phenoxy) is 1. The molecule has 0 saturated heterocycles. The molecule has 1 aromatic rings. The third-order valence-electron chi connectivity index (χ3n) is 2.14. The summed E-state index contributed by atoms with van der Waals surface area (Å²) in [7, 11) is 0. The first-order valence-corrected chi connectivity index (χ1v) is 7.20. The van der Waals surface area contributed by atoms with E-state index in [1.165, 1.54) is 11.8 Å². The van der Waals surface area contributed by atoms with E-state index in [0.29, 0.717) is 5.16 Å². The molecule has 1 heterocycles. The number of aromatic nitrogens is 2. The molecule has 2 N–H and O–H groups in total. The van der Waals surface area contributed by atoms with Gasteiger partial charge in [0.05, 0.1) is 12.2 Å². The summed E-state index contributed by atoms with van der Waals surface area (Å²) in [4.78, 5) is 19.1. The van der Waals surface area contributed by atoms with Crippen molar-refractivity contribution in [1.82, 2.24) is 9.97 Å². The van der Waals surface area contributed by atoms with E-state index in [1.807, 2.05) is 0 Å². The number of thioether (sulfide) groups is 1. The molecule has 1 aromatic heterocycles. The van der Waals surface area contributed by atoms with E-state index in [1.54, 1.807) is 13.2 Å². The molecule has 0 aromatic carbocycles. The zero-order valence-corrected chi connectivity index (χ0v) is 12.5. The molecule has 2 unspecified atom stereocenters. The summed E-state index contributed by atoms with van der Waals surface area (Å²) in [5, 5.41) is 19.6. The number of carbonyl (C=O) groups is 1. The van der Waals surface area contributed by atoms with Crippen molar-refractivity contribution < 1.29 is 19.7 Å². The van der Waals surface area contributed by atoms with Crippen molar-refractivity contribution >= 4 is 40.9 Å². The molecular formula is C10H12Cl2N2O4S. The number of rotatable bonds is 5. The summed E-state index contributed by atoms with van der Waals surface area (Å²) in [5.74, 6) is -0.976. The minimum absolute atomic E-state index is 0.0754. The van der Waals surface area contributed by atoms with Gasteiger partial charge in [0, 0.05) is 0 Å². The molecule has 1 rings (SSSR count). The van der Waals surface area contributed by atoms with E-state index in [0.717, 1.165) is 0 Å². The van der Waals surface area contributed by atoms with Gasteiger partial charge in [-0.2, -0.15) is 0 Å². The molecular weight excluding hydrogens is 315 g/mol. The maximum Gasteiger partial charge on any atom is 0.338 e. The third kappa shape index (κ3) is 3.93. The number of hydrogen-bond acceptors (Lipinski definition) is 7. The zero-order chi connectivity index (χ0) is 14.6. The second-order valence-corrected chi connectivity index (χ2v) is 4.84. The van der Waals surface area contributed by atoms with Crippen LogP contribution in [0.4, 0.5) is 0 Å². The van der Waals surface area contributed by atoms with Crippen molar-refractivity contribution in [3.05, 3.63) is 15.9 Å². The number of hydrogen-bond donors (Lipinski definition) is 2. The fourth-order valence-electron chi connectivity index (χ4n) is 1.25. The van der Waals surface area contributed by atoms with E-state index in [2.05, 4.69) is 14.7 Å². The molecule has 0 saturated carbocycles. The number of esters is 1. The molecule has 6 nitrogen and oxygen atoms in total. The summed E-state index contributed by atoms with van der Waals surface area (Å²) in [6.45, 7) is 1.65. The van der Waals surface area contributed by atoms with Gasteiger partial charge in [-0.05, 0) is 13.2 Å². The highest BCUT2D eigenvalue weighted by molar-refractivity contribution is 7.98. The molecule has 0 radical (unpaired) electrons. The lowest BCUT2D eigenvalue weighted by molar-refractivity contribution is -0.159. The predicted molar refractivity (Wildman–Crippen MR) is 71.4 cm³/mol. The molecule has 0 spiro atoms. The summed E-state index contributed by atoms with van der Waals surface area (Å²) in [5.41, 5.74) is -0.110. The number of aliphatic hydroxyl groups is 2. The van der Waals surface area contributed by atoms with Crippen molar-refractivity contribution in [3.8, 4) is 0 Å². The Morgan fingerprint density at radius 1 is 1.37 bits per heavy atom. The highest BCUT2D eigenvalue weighted by Gasteiger charge is 2.31. The van der Waals surface area contributed by atoms with Crippen LogP contribution in [0.1, 0.15) is 18.6 Å². The van der Waals surface area contributed by atoms with E-state index in [4.69, 9.17) is 23.2 Å². The standard InChI is InChI=1S/C10H12Cl2N2O4S/c1-3-18-9(17)6(16)5(15)4-7(11)13-10(19-2)14-8(4)12/h5-6,15-16H,3H2,1-2H3. The Morgan fingerprint density at radius 3 is 2.32 bits per heavy atom. The minimum atomic E-state index is -1.81. The lowest BCUT2D eigenvalue weighted by atomic mass is 10.1. The van der Waals surface area contributed by atoms with E-state index in [9.17, 15) is 15.0 Å². The summed E-state index contributed by atoms with van der Waals surface area (Å²) < 4.78 is 4.59. The van der Waals surface area contributed by atoms with Crippen LogP contribution in [0, 0.1) is 0 Å². The van der Waals surface area contributed by atoms with Crippen molar-refractivity contribution in [3.63, 3.8) is 0 Å². The second kappa shape index (κ2) is 7.25. The molecule has 0 bridgehead atoms. The monoisotopic (exact) mass is 326 g/mol. The fraction of sp³-hybridized carbons (Fsp3) is 0.500. The van der Waals surface area contributed by atoms with Gasteiger partial charge in [0.1, 0.15) is 16.4 Å². The first-order chi connectivity index (χ1) is 8.92. The first kappa shape index (κ1) is 16.5. The van der Waals surface area contributed by atoms with Crippen LogP contribution in [0.15, 0.2) is 5.16 Å². The van der Waals surface area contributed by atoms with Gasteiger partial charge in [0.15, 0.2) is 11.3 Å². The van der Waals surface area contributed by atoms with Crippen LogP contribution < -0.4 is 0 Å². The SMILES string of the molecule is CCOC(=O)C(O)C(O)c1c(Cl)nc(SC)nc1Cl. The maximum absolute atomic E-state index is 11.3. The smallest absolute Gasteiger partial charge is 0.338 e. The topological polar surface area (TPSA) is 92.5 Å². The molecule has 9 heteroatoms. The van der Waals surface area contributed by atoms with Gasteiger partial charge in [0.2, 0.25) is 0 Å². The first-order valence-electron chi connectivity index (χ1n) is 5.22. The van der Waals surface area contributed by atoms with Gasteiger partial charge in [-0.1, -0.05) is 35.0 Å². The normalized spacial score (nSPS) is 14.0. The Morgan fingerprint density at radius 2 is 1.89 bits per heavy atom. The lowest BCUT2D eigenvalue weighted by Gasteiger charge is -2.18. The van der Waals surface area contributed by atoms with E-state index in [-0.39, 0.29) is 22.5 Å². The molecule has 0 aliphatic heterocycles. The van der Waals surface area contributed by atoms with Crippen molar-refractivity contribution in [2.45, 2.75) is 24.3 Å². The summed E-state index contributed by atoms with van der Waals surface area (Å²) in [6.07, 6.45) is -1.74. The lowest BCUT2D eigenvalue weighted by Crippen LogP contribution is -2.30. The number of carbonyl (C=O) groups excluding carboxylic acids is 1. The average Bonchev–Trinajstić information content (AvgIpc) is 2.36. The van der Waals surface area contributed by atoms with E-state index < -0.39 is 18.2 Å². The van der Waals surface area contributed by atoms with Crippen molar-refractivity contribution in [2.24, 2.45) is 0 Å². The Balaban J connectivity index is 3.05. The Hall–Kier alpha value is -0.600. The zero-order valence-electron chi connectivity index (χ0n) is 10.1. The van der Waals surface area contributed by atoms with Gasteiger partial charge < -0.3 is 14.9 Å². The van der Waals surface area contributed by atoms with Crippen LogP contribution in [0.2, 0.25) is 10.3 Å². The molecule has 2 atom stereocenters. The summed E-state index contributed by atoms with van der Waals surface area (Å²) >= 11 is 12.9. The molecule has 0 amide bonds.